The van der Waals surface area contributed by atoms with Crippen molar-refractivity contribution in [3.05, 3.63) is 52.8 Å². The van der Waals surface area contributed by atoms with Crippen LogP contribution in [0.1, 0.15) is 52.7 Å². The molecule has 0 unspecified atom stereocenters. The molecular formula is C19H23N3O3. The maximum atomic E-state index is 12.8. The number of nitrogens with zero attached hydrogens (tertiary/aromatic N) is 3. The van der Waals surface area contributed by atoms with Crippen LogP contribution in [-0.4, -0.2) is 40.2 Å². The summed E-state index contributed by atoms with van der Waals surface area (Å²) in [7, 11) is 1.33. The second kappa shape index (κ2) is 6.35. The molecule has 0 fully saturated rings. The van der Waals surface area contributed by atoms with E-state index in [1.807, 2.05) is 10.9 Å². The number of rotatable bonds is 2. The van der Waals surface area contributed by atoms with Crippen LogP contribution in [0.3, 0.4) is 0 Å². The maximum absolute atomic E-state index is 12.8. The Kier molecular flexibility index (Phi) is 4.37. The molecule has 0 saturated carbocycles. The standard InChI is InChI=1S/C19H23N3O3/c1-19(2,3)22-16-8-9-21(12-15(16)11-20-22)17(23)13-6-5-7-14(10-13)18(24)25-4/h5-7,10-11H,8-9,12H2,1-4H3. The number of amides is 1. The van der Waals surface area contributed by atoms with E-state index in [1.165, 1.54) is 12.8 Å². The molecular weight excluding hydrogens is 318 g/mol. The van der Waals surface area contributed by atoms with Gasteiger partial charge in [-0.2, -0.15) is 5.10 Å². The van der Waals surface area contributed by atoms with E-state index in [4.69, 9.17) is 4.74 Å². The molecule has 1 aromatic carbocycles. The highest BCUT2D eigenvalue weighted by atomic mass is 16.5. The fourth-order valence-electron chi connectivity index (χ4n) is 3.16. The normalized spacial score (nSPS) is 14.2. The van der Waals surface area contributed by atoms with Gasteiger partial charge in [-0.15, -0.1) is 0 Å². The topological polar surface area (TPSA) is 64.4 Å². The highest BCUT2D eigenvalue weighted by Crippen LogP contribution is 2.25. The van der Waals surface area contributed by atoms with Crippen molar-refractivity contribution >= 4 is 11.9 Å². The molecule has 6 heteroatoms. The summed E-state index contributed by atoms with van der Waals surface area (Å²) in [5, 5.41) is 4.50. The van der Waals surface area contributed by atoms with E-state index in [9.17, 15) is 9.59 Å². The Bertz CT molecular complexity index is 818. The molecule has 3 rings (SSSR count). The molecule has 2 aromatic rings. The van der Waals surface area contributed by atoms with Crippen LogP contribution >= 0.6 is 0 Å². The van der Waals surface area contributed by atoms with Gasteiger partial charge in [-0.1, -0.05) is 6.07 Å². The molecule has 6 nitrogen and oxygen atoms in total. The molecule has 25 heavy (non-hydrogen) atoms. The summed E-state index contributed by atoms with van der Waals surface area (Å²) in [6, 6.07) is 6.65. The van der Waals surface area contributed by atoms with E-state index in [2.05, 4.69) is 25.9 Å². The molecule has 1 aliphatic rings. The lowest BCUT2D eigenvalue weighted by molar-refractivity contribution is 0.0600. The second-order valence-electron chi connectivity index (χ2n) is 7.25. The largest absolute Gasteiger partial charge is 0.465 e. The second-order valence-corrected chi connectivity index (χ2v) is 7.25. The van der Waals surface area contributed by atoms with E-state index < -0.39 is 5.97 Å². The predicted octanol–water partition coefficient (Wildman–Crippen LogP) is 2.62. The average molecular weight is 341 g/mol. The Balaban J connectivity index is 1.82. The minimum Gasteiger partial charge on any atom is -0.465 e. The van der Waals surface area contributed by atoms with Gasteiger partial charge in [0, 0.05) is 36.3 Å². The van der Waals surface area contributed by atoms with Crippen LogP contribution in [0.15, 0.2) is 30.5 Å². The molecule has 0 radical (unpaired) electrons. The summed E-state index contributed by atoms with van der Waals surface area (Å²) in [4.78, 5) is 26.3. The van der Waals surface area contributed by atoms with Crippen molar-refractivity contribution in [2.24, 2.45) is 0 Å². The summed E-state index contributed by atoms with van der Waals surface area (Å²) < 4.78 is 6.77. The monoisotopic (exact) mass is 341 g/mol. The van der Waals surface area contributed by atoms with Gasteiger partial charge in [-0.3, -0.25) is 9.48 Å². The van der Waals surface area contributed by atoms with Gasteiger partial charge in [0.1, 0.15) is 0 Å². The quantitative estimate of drug-likeness (QED) is 0.788. The van der Waals surface area contributed by atoms with E-state index in [1.54, 1.807) is 29.2 Å². The van der Waals surface area contributed by atoms with E-state index >= 15 is 0 Å². The molecule has 0 bridgehead atoms. The molecule has 2 heterocycles. The van der Waals surface area contributed by atoms with Crippen LogP contribution in [0.4, 0.5) is 0 Å². The lowest BCUT2D eigenvalue weighted by Gasteiger charge is -2.30. The van der Waals surface area contributed by atoms with Crippen molar-refractivity contribution in [1.82, 2.24) is 14.7 Å². The van der Waals surface area contributed by atoms with Gasteiger partial charge in [-0.25, -0.2) is 4.79 Å². The third-order valence-electron chi connectivity index (χ3n) is 4.39. The van der Waals surface area contributed by atoms with Crippen LogP contribution in [0.2, 0.25) is 0 Å². The first-order valence-corrected chi connectivity index (χ1v) is 8.35. The van der Waals surface area contributed by atoms with E-state index in [0.29, 0.717) is 24.2 Å². The minimum absolute atomic E-state index is 0.0748. The number of hydrogen-bond acceptors (Lipinski definition) is 4. The first kappa shape index (κ1) is 17.2. The molecule has 1 amide bonds. The first-order chi connectivity index (χ1) is 11.8. The third-order valence-corrected chi connectivity index (χ3v) is 4.39. The zero-order valence-electron chi connectivity index (χ0n) is 15.1. The van der Waals surface area contributed by atoms with Gasteiger partial charge in [0.2, 0.25) is 0 Å². The highest BCUT2D eigenvalue weighted by Gasteiger charge is 2.28. The Hall–Kier alpha value is -2.63. The zero-order chi connectivity index (χ0) is 18.2. The predicted molar refractivity (Wildman–Crippen MR) is 93.4 cm³/mol. The Labute approximate surface area is 147 Å². The van der Waals surface area contributed by atoms with Crippen LogP contribution in [0.5, 0.6) is 0 Å². The number of ether oxygens (including phenoxy) is 1. The van der Waals surface area contributed by atoms with E-state index in [-0.39, 0.29) is 11.4 Å². The lowest BCUT2D eigenvalue weighted by Crippen LogP contribution is -2.37. The Morgan fingerprint density at radius 3 is 2.60 bits per heavy atom. The van der Waals surface area contributed by atoms with Crippen molar-refractivity contribution < 1.29 is 14.3 Å². The SMILES string of the molecule is COC(=O)c1cccc(C(=O)N2CCc3c(cnn3C(C)(C)C)C2)c1. The zero-order valence-corrected chi connectivity index (χ0v) is 15.1. The average Bonchev–Trinajstić information content (AvgIpc) is 3.04. The van der Waals surface area contributed by atoms with Gasteiger partial charge in [0.05, 0.1) is 24.4 Å². The minimum atomic E-state index is -0.443. The number of benzene rings is 1. The summed E-state index contributed by atoms with van der Waals surface area (Å²) in [6.45, 7) is 7.53. The highest BCUT2D eigenvalue weighted by molar-refractivity contribution is 5.98. The van der Waals surface area contributed by atoms with Crippen molar-refractivity contribution in [3.63, 3.8) is 0 Å². The van der Waals surface area contributed by atoms with Crippen molar-refractivity contribution in [3.8, 4) is 0 Å². The number of carbonyl (C=O) groups excluding carboxylic acids is 2. The third kappa shape index (κ3) is 3.29. The smallest absolute Gasteiger partial charge is 0.337 e. The first-order valence-electron chi connectivity index (χ1n) is 8.35. The van der Waals surface area contributed by atoms with Crippen molar-refractivity contribution in [2.75, 3.05) is 13.7 Å². The number of esters is 1. The molecule has 0 atom stereocenters. The van der Waals surface area contributed by atoms with Gasteiger partial charge in [-0.05, 0) is 39.0 Å². The number of hydrogen-bond donors (Lipinski definition) is 0. The summed E-state index contributed by atoms with van der Waals surface area (Å²) >= 11 is 0. The molecule has 1 aliphatic heterocycles. The van der Waals surface area contributed by atoms with Crippen LogP contribution in [0.25, 0.3) is 0 Å². The molecule has 0 saturated heterocycles. The van der Waals surface area contributed by atoms with Gasteiger partial charge < -0.3 is 9.64 Å². The van der Waals surface area contributed by atoms with Crippen molar-refractivity contribution in [1.29, 1.82) is 0 Å². The summed E-state index contributed by atoms with van der Waals surface area (Å²) in [5.74, 6) is -0.526. The summed E-state index contributed by atoms with van der Waals surface area (Å²) in [6.07, 6.45) is 2.62. The molecule has 0 spiro atoms. The van der Waals surface area contributed by atoms with Gasteiger partial charge >= 0.3 is 5.97 Å². The fraction of sp³-hybridized carbons (Fsp3) is 0.421. The Morgan fingerprint density at radius 2 is 1.92 bits per heavy atom. The fourth-order valence-corrected chi connectivity index (χ4v) is 3.16. The van der Waals surface area contributed by atoms with Gasteiger partial charge in [0.25, 0.3) is 5.91 Å². The lowest BCUT2D eigenvalue weighted by atomic mass is 10.0. The number of fused-ring (bicyclic) bond motifs is 1. The number of carbonyl (C=O) groups is 2. The molecule has 0 aliphatic carbocycles. The summed E-state index contributed by atoms with van der Waals surface area (Å²) in [5.41, 5.74) is 3.08. The maximum Gasteiger partial charge on any atom is 0.337 e. The number of aromatic nitrogens is 2. The molecule has 1 aromatic heterocycles. The Morgan fingerprint density at radius 1 is 1.20 bits per heavy atom. The number of methoxy groups -OCH3 is 1. The molecule has 0 N–H and O–H groups in total. The van der Waals surface area contributed by atoms with Gasteiger partial charge in [0.15, 0.2) is 0 Å². The van der Waals surface area contributed by atoms with Crippen molar-refractivity contribution in [2.45, 2.75) is 39.3 Å². The van der Waals surface area contributed by atoms with Crippen LogP contribution in [-0.2, 0) is 23.2 Å². The molecule has 132 valence electrons. The van der Waals surface area contributed by atoms with E-state index in [0.717, 1.165) is 12.0 Å². The van der Waals surface area contributed by atoms with Crippen LogP contribution < -0.4 is 0 Å². The van der Waals surface area contributed by atoms with Crippen LogP contribution in [0, 0.1) is 0 Å².